The van der Waals surface area contributed by atoms with Crippen molar-refractivity contribution in [3.05, 3.63) is 84.1 Å². The second-order valence-electron chi connectivity index (χ2n) is 5.94. The highest BCUT2D eigenvalue weighted by molar-refractivity contribution is 5.17. The van der Waals surface area contributed by atoms with Crippen LogP contribution in [0.2, 0.25) is 0 Å². The van der Waals surface area contributed by atoms with E-state index in [1.54, 1.807) is 6.26 Å². The molecule has 0 aliphatic carbocycles. The monoisotopic (exact) mass is 324 g/mol. The summed E-state index contributed by atoms with van der Waals surface area (Å²) in [4.78, 5) is 0. The highest BCUT2D eigenvalue weighted by atomic mass is 16.7. The van der Waals surface area contributed by atoms with E-state index in [4.69, 9.17) is 18.9 Å². The van der Waals surface area contributed by atoms with Gasteiger partial charge in [0, 0.05) is 5.56 Å². The van der Waals surface area contributed by atoms with Gasteiger partial charge >= 0.3 is 0 Å². The third-order valence-corrected chi connectivity index (χ3v) is 4.26. The Labute approximate surface area is 141 Å². The fourth-order valence-electron chi connectivity index (χ4n) is 2.99. The van der Waals surface area contributed by atoms with Gasteiger partial charge < -0.3 is 18.9 Å². The van der Waals surface area contributed by atoms with E-state index in [9.17, 15) is 0 Å². The summed E-state index contributed by atoms with van der Waals surface area (Å²) >= 11 is 0. The van der Waals surface area contributed by atoms with Crippen LogP contribution in [0.5, 0.6) is 0 Å². The molecular weight excluding hydrogens is 304 g/mol. The van der Waals surface area contributed by atoms with Crippen LogP contribution < -0.4 is 0 Å². The molecule has 2 aliphatic heterocycles. The Kier molecular flexibility index (Phi) is 4.60. The third kappa shape index (κ3) is 3.36. The molecule has 4 atom stereocenters. The predicted octanol–water partition coefficient (Wildman–Crippen LogP) is 3.60. The van der Waals surface area contributed by atoms with Crippen molar-refractivity contribution >= 4 is 0 Å². The second kappa shape index (κ2) is 7.18. The lowest BCUT2D eigenvalue weighted by Gasteiger charge is -2.40. The summed E-state index contributed by atoms with van der Waals surface area (Å²) in [6.07, 6.45) is 2.74. The quantitative estimate of drug-likeness (QED) is 0.861. The summed E-state index contributed by atoms with van der Waals surface area (Å²) < 4.78 is 23.7. The van der Waals surface area contributed by atoms with Crippen molar-refractivity contribution in [1.29, 1.82) is 0 Å². The molecule has 0 radical (unpaired) electrons. The molecule has 2 aromatic carbocycles. The number of benzene rings is 2. The maximum atomic E-state index is 6.15. The van der Waals surface area contributed by atoms with Crippen LogP contribution in [0.3, 0.4) is 0 Å². The number of hydrogen-bond acceptors (Lipinski definition) is 4. The first kappa shape index (κ1) is 15.4. The number of fused-ring (bicyclic) bond motifs is 1. The summed E-state index contributed by atoms with van der Waals surface area (Å²) in [7, 11) is 0. The largest absolute Gasteiger partial charge is 0.493 e. The zero-order valence-corrected chi connectivity index (χ0v) is 13.3. The summed E-state index contributed by atoms with van der Waals surface area (Å²) in [5, 5.41) is 0. The first-order chi connectivity index (χ1) is 11.9. The molecular formula is C20H20O4. The fraction of sp³-hybridized carbons (Fsp3) is 0.300. The van der Waals surface area contributed by atoms with Crippen molar-refractivity contribution in [2.75, 3.05) is 6.61 Å². The van der Waals surface area contributed by atoms with Crippen molar-refractivity contribution in [3.63, 3.8) is 0 Å². The smallest absolute Gasteiger partial charge is 0.184 e. The molecule has 0 amide bonds. The lowest BCUT2D eigenvalue weighted by molar-refractivity contribution is -0.281. The minimum absolute atomic E-state index is 0.143. The van der Waals surface area contributed by atoms with Gasteiger partial charge in [0.15, 0.2) is 12.4 Å². The van der Waals surface area contributed by atoms with Gasteiger partial charge in [-0.2, -0.15) is 0 Å². The summed E-state index contributed by atoms with van der Waals surface area (Å²) in [6.45, 7) is 1.03. The lowest BCUT2D eigenvalue weighted by Crippen LogP contribution is -2.50. The Morgan fingerprint density at radius 2 is 1.71 bits per heavy atom. The van der Waals surface area contributed by atoms with E-state index in [1.165, 1.54) is 0 Å². The van der Waals surface area contributed by atoms with Crippen molar-refractivity contribution in [3.8, 4) is 0 Å². The normalized spacial score (nSPS) is 28.8. The van der Waals surface area contributed by atoms with Crippen LogP contribution in [0.15, 0.2) is 73.0 Å². The van der Waals surface area contributed by atoms with E-state index >= 15 is 0 Å². The van der Waals surface area contributed by atoms with Crippen LogP contribution in [0, 0.1) is 0 Å². The van der Waals surface area contributed by atoms with Gasteiger partial charge in [0.05, 0.1) is 19.5 Å². The molecule has 0 bridgehead atoms. The van der Waals surface area contributed by atoms with Crippen molar-refractivity contribution in [1.82, 2.24) is 0 Å². The highest BCUT2D eigenvalue weighted by Gasteiger charge is 2.40. The second-order valence-corrected chi connectivity index (χ2v) is 5.94. The van der Waals surface area contributed by atoms with E-state index < -0.39 is 0 Å². The average molecular weight is 324 g/mol. The van der Waals surface area contributed by atoms with Crippen LogP contribution >= 0.6 is 0 Å². The first-order valence-corrected chi connectivity index (χ1v) is 8.20. The highest BCUT2D eigenvalue weighted by Crippen LogP contribution is 2.32. The Hall–Kier alpha value is -2.14. The van der Waals surface area contributed by atoms with E-state index in [1.807, 2.05) is 54.6 Å². The van der Waals surface area contributed by atoms with Crippen LogP contribution in [-0.4, -0.2) is 24.9 Å². The Morgan fingerprint density at radius 1 is 0.958 bits per heavy atom. The van der Waals surface area contributed by atoms with Gasteiger partial charge in [0.25, 0.3) is 0 Å². The maximum Gasteiger partial charge on any atom is 0.184 e. The Morgan fingerprint density at radius 3 is 2.50 bits per heavy atom. The lowest BCUT2D eigenvalue weighted by atomic mass is 10.0. The van der Waals surface area contributed by atoms with Gasteiger partial charge in [-0.15, -0.1) is 0 Å². The Bertz CT molecular complexity index is 671. The minimum Gasteiger partial charge on any atom is -0.493 e. The third-order valence-electron chi connectivity index (χ3n) is 4.26. The van der Waals surface area contributed by atoms with E-state index in [2.05, 4.69) is 12.1 Å². The summed E-state index contributed by atoms with van der Waals surface area (Å²) in [5.74, 6) is 0. The maximum absolute atomic E-state index is 6.15. The van der Waals surface area contributed by atoms with Gasteiger partial charge in [-0.3, -0.25) is 0 Å². The van der Waals surface area contributed by atoms with Crippen molar-refractivity contribution in [2.45, 2.75) is 31.2 Å². The molecule has 3 unspecified atom stereocenters. The molecule has 2 aliphatic rings. The van der Waals surface area contributed by atoms with Gasteiger partial charge in [-0.25, -0.2) is 0 Å². The summed E-state index contributed by atoms with van der Waals surface area (Å²) in [5.41, 5.74) is 2.15. The van der Waals surface area contributed by atoms with Crippen LogP contribution in [0.4, 0.5) is 0 Å². The van der Waals surface area contributed by atoms with Gasteiger partial charge in [0.2, 0.25) is 0 Å². The summed E-state index contributed by atoms with van der Waals surface area (Å²) in [6, 6.07) is 20.1. The van der Waals surface area contributed by atoms with E-state index in [0.29, 0.717) is 13.2 Å². The molecule has 2 aromatic rings. The molecule has 0 aromatic heterocycles. The molecule has 1 saturated heterocycles. The zero-order valence-electron chi connectivity index (χ0n) is 13.3. The van der Waals surface area contributed by atoms with Crippen molar-refractivity contribution in [2.24, 2.45) is 0 Å². The van der Waals surface area contributed by atoms with Crippen molar-refractivity contribution < 1.29 is 18.9 Å². The minimum atomic E-state index is -0.384. The molecule has 4 heteroatoms. The molecule has 1 fully saturated rings. The predicted molar refractivity (Wildman–Crippen MR) is 89.0 cm³/mol. The van der Waals surface area contributed by atoms with E-state index in [0.717, 1.165) is 11.1 Å². The SMILES string of the molecule is C1=CC(OCc2ccccc2)[C@@H]2OC(c3ccccc3)OCC2O1. The number of rotatable bonds is 4. The van der Waals surface area contributed by atoms with Crippen LogP contribution in [0.1, 0.15) is 17.4 Å². The zero-order chi connectivity index (χ0) is 16.2. The van der Waals surface area contributed by atoms with Gasteiger partial charge in [0.1, 0.15) is 12.2 Å². The van der Waals surface area contributed by atoms with Crippen LogP contribution in [-0.2, 0) is 25.6 Å². The molecule has 4 rings (SSSR count). The molecule has 0 N–H and O–H groups in total. The van der Waals surface area contributed by atoms with Crippen LogP contribution in [0.25, 0.3) is 0 Å². The molecule has 2 heterocycles. The van der Waals surface area contributed by atoms with Gasteiger partial charge in [-0.05, 0) is 11.6 Å². The number of hydrogen-bond donors (Lipinski definition) is 0. The van der Waals surface area contributed by atoms with Gasteiger partial charge in [-0.1, -0.05) is 60.7 Å². The van der Waals surface area contributed by atoms with E-state index in [-0.39, 0.29) is 24.6 Å². The average Bonchev–Trinajstić information content (AvgIpc) is 2.67. The molecule has 124 valence electrons. The first-order valence-electron chi connectivity index (χ1n) is 8.20. The fourth-order valence-corrected chi connectivity index (χ4v) is 2.99. The molecule has 4 nitrogen and oxygen atoms in total. The number of ether oxygens (including phenoxy) is 4. The molecule has 0 saturated carbocycles. The molecule has 0 spiro atoms. The standard InChI is InChI=1S/C20H20O4/c1-3-7-15(8-4-1)13-22-17-11-12-21-18-14-23-20(24-19(17)18)16-9-5-2-6-10-16/h1-12,17-20H,13-14H2/t17?,18?,19-,20?/m0/s1. The Balaban J connectivity index is 1.45. The molecule has 24 heavy (non-hydrogen) atoms. The topological polar surface area (TPSA) is 36.9 Å².